The summed E-state index contributed by atoms with van der Waals surface area (Å²) >= 11 is 0. The molecule has 0 bridgehead atoms. The van der Waals surface area contributed by atoms with Gasteiger partial charge in [-0.05, 0) is 55.3 Å². The second kappa shape index (κ2) is 4.23. The van der Waals surface area contributed by atoms with Gasteiger partial charge in [0.2, 0.25) is 0 Å². The van der Waals surface area contributed by atoms with Crippen LogP contribution in [0.15, 0.2) is 30.3 Å². The van der Waals surface area contributed by atoms with Crippen molar-refractivity contribution in [1.82, 2.24) is 0 Å². The molecule has 0 atom stereocenters. The molecule has 2 aromatic rings. The molecule has 0 heterocycles. The number of phenols is 1. The summed E-state index contributed by atoms with van der Waals surface area (Å²) in [5, 5.41) is 11.8. The van der Waals surface area contributed by atoms with Crippen LogP contribution in [0.4, 0.5) is 5.69 Å². The maximum absolute atomic E-state index is 10.9. The molecular weight excluding hydrogens is 250 g/mol. The second-order valence-electron chi connectivity index (χ2n) is 5.90. The monoisotopic (exact) mass is 267 g/mol. The summed E-state index contributed by atoms with van der Waals surface area (Å²) in [5.74, 6) is 0.0912. The van der Waals surface area contributed by atoms with E-state index in [9.17, 15) is 9.90 Å². The first-order valence-corrected chi connectivity index (χ1v) is 7.27. The van der Waals surface area contributed by atoms with Crippen molar-refractivity contribution in [2.45, 2.75) is 37.8 Å². The minimum Gasteiger partial charge on any atom is -0.507 e. The average Bonchev–Trinajstić information content (AvgIpc) is 3.34. The predicted molar refractivity (Wildman–Crippen MR) is 79.5 cm³/mol. The fourth-order valence-electron chi connectivity index (χ4n) is 3.00. The Balaban J connectivity index is 1.80. The Kier molecular flexibility index (Phi) is 2.49. The predicted octanol–water partition coefficient (Wildman–Crippen LogP) is 3.49. The number of phenolic OH excluding ortho intramolecular Hbond substituents is 1. The van der Waals surface area contributed by atoms with Gasteiger partial charge in [-0.25, -0.2) is 0 Å². The summed E-state index contributed by atoms with van der Waals surface area (Å²) in [5.41, 5.74) is 1.60. The fourth-order valence-corrected chi connectivity index (χ4v) is 3.00. The molecule has 3 nitrogen and oxygen atoms in total. The topological polar surface area (TPSA) is 40.5 Å². The van der Waals surface area contributed by atoms with Crippen LogP contribution in [0.5, 0.6) is 5.75 Å². The molecule has 4 rings (SSSR count). The van der Waals surface area contributed by atoms with Crippen LogP contribution in [-0.4, -0.2) is 23.5 Å². The molecular formula is C17H17NO2. The van der Waals surface area contributed by atoms with Crippen molar-refractivity contribution >= 4 is 22.7 Å². The molecule has 3 heteroatoms. The summed E-state index contributed by atoms with van der Waals surface area (Å²) in [6.45, 7) is 0. The van der Waals surface area contributed by atoms with Crippen LogP contribution in [0.3, 0.4) is 0 Å². The van der Waals surface area contributed by atoms with E-state index in [1.807, 2.05) is 12.1 Å². The highest BCUT2D eigenvalue weighted by molar-refractivity contribution is 5.97. The first kappa shape index (κ1) is 11.8. The van der Waals surface area contributed by atoms with Gasteiger partial charge in [-0.1, -0.05) is 6.07 Å². The van der Waals surface area contributed by atoms with Gasteiger partial charge in [0.1, 0.15) is 5.75 Å². The minimum absolute atomic E-state index is 0.0912. The van der Waals surface area contributed by atoms with E-state index < -0.39 is 0 Å². The number of hydrogen-bond donors (Lipinski definition) is 1. The number of anilines is 1. The van der Waals surface area contributed by atoms with Gasteiger partial charge in [-0.15, -0.1) is 0 Å². The van der Waals surface area contributed by atoms with Crippen molar-refractivity contribution in [3.8, 4) is 5.75 Å². The van der Waals surface area contributed by atoms with Crippen LogP contribution in [0.25, 0.3) is 10.8 Å². The van der Waals surface area contributed by atoms with Crippen LogP contribution in [0.1, 0.15) is 36.0 Å². The smallest absolute Gasteiger partial charge is 0.153 e. The van der Waals surface area contributed by atoms with Crippen molar-refractivity contribution in [2.24, 2.45) is 0 Å². The third kappa shape index (κ3) is 1.85. The SMILES string of the molecule is O=Cc1ccc2cc(N(C3CC3)C3CC3)ccc2c1O. The number of nitrogens with zero attached hydrogens (tertiary/aromatic N) is 1. The van der Waals surface area contributed by atoms with E-state index in [2.05, 4.69) is 17.0 Å². The number of fused-ring (bicyclic) bond motifs is 1. The van der Waals surface area contributed by atoms with Gasteiger partial charge in [0.15, 0.2) is 6.29 Å². The lowest BCUT2D eigenvalue weighted by Gasteiger charge is -2.25. The summed E-state index contributed by atoms with van der Waals surface area (Å²) in [7, 11) is 0. The lowest BCUT2D eigenvalue weighted by Crippen LogP contribution is -2.27. The molecule has 1 N–H and O–H groups in total. The summed E-state index contributed by atoms with van der Waals surface area (Å²) in [6.07, 6.45) is 5.88. The quantitative estimate of drug-likeness (QED) is 0.862. The summed E-state index contributed by atoms with van der Waals surface area (Å²) in [4.78, 5) is 13.4. The maximum Gasteiger partial charge on any atom is 0.153 e. The van der Waals surface area contributed by atoms with E-state index in [0.717, 1.165) is 10.8 Å². The first-order chi connectivity index (χ1) is 9.78. The van der Waals surface area contributed by atoms with Crippen LogP contribution in [0, 0.1) is 0 Å². The molecule has 0 amide bonds. The Labute approximate surface area is 117 Å². The van der Waals surface area contributed by atoms with Gasteiger partial charge < -0.3 is 10.0 Å². The number of benzene rings is 2. The fraction of sp³-hybridized carbons (Fsp3) is 0.353. The number of carbonyl (C=O) groups excluding carboxylic acids is 1. The largest absolute Gasteiger partial charge is 0.507 e. The van der Waals surface area contributed by atoms with Crippen molar-refractivity contribution < 1.29 is 9.90 Å². The van der Waals surface area contributed by atoms with Crippen LogP contribution in [0.2, 0.25) is 0 Å². The molecule has 2 fully saturated rings. The molecule has 0 radical (unpaired) electrons. The van der Waals surface area contributed by atoms with Crippen molar-refractivity contribution in [1.29, 1.82) is 0 Å². The van der Waals surface area contributed by atoms with Gasteiger partial charge in [0, 0.05) is 23.2 Å². The Morgan fingerprint density at radius 3 is 2.35 bits per heavy atom. The Bertz CT molecular complexity index is 675. The van der Waals surface area contributed by atoms with Crippen molar-refractivity contribution in [2.75, 3.05) is 4.90 Å². The number of aldehydes is 1. The molecule has 2 aliphatic rings. The normalized spacial score (nSPS) is 18.2. The zero-order chi connectivity index (χ0) is 13.7. The molecule has 0 spiro atoms. The lowest BCUT2D eigenvalue weighted by atomic mass is 10.0. The van der Waals surface area contributed by atoms with Gasteiger partial charge in [0.05, 0.1) is 5.56 Å². The minimum atomic E-state index is 0.0912. The average molecular weight is 267 g/mol. The molecule has 2 aliphatic carbocycles. The van der Waals surface area contributed by atoms with Gasteiger partial charge in [0.25, 0.3) is 0 Å². The van der Waals surface area contributed by atoms with E-state index in [-0.39, 0.29) is 5.75 Å². The number of aromatic hydroxyl groups is 1. The third-order valence-electron chi connectivity index (χ3n) is 4.31. The van der Waals surface area contributed by atoms with E-state index in [0.29, 0.717) is 23.9 Å². The highest BCUT2D eigenvalue weighted by Gasteiger charge is 2.39. The van der Waals surface area contributed by atoms with E-state index >= 15 is 0 Å². The Morgan fingerprint density at radius 2 is 1.75 bits per heavy atom. The van der Waals surface area contributed by atoms with Gasteiger partial charge in [-0.2, -0.15) is 0 Å². The number of rotatable bonds is 4. The van der Waals surface area contributed by atoms with Gasteiger partial charge >= 0.3 is 0 Å². The van der Waals surface area contributed by atoms with Crippen LogP contribution < -0.4 is 4.90 Å². The Hall–Kier alpha value is -2.03. The molecule has 102 valence electrons. The van der Waals surface area contributed by atoms with Crippen LogP contribution >= 0.6 is 0 Å². The zero-order valence-electron chi connectivity index (χ0n) is 11.2. The molecule has 2 aromatic carbocycles. The maximum atomic E-state index is 10.9. The highest BCUT2D eigenvalue weighted by Crippen LogP contribution is 2.42. The molecule has 20 heavy (non-hydrogen) atoms. The molecule has 0 aliphatic heterocycles. The summed E-state index contributed by atoms with van der Waals surface area (Å²) in [6, 6.07) is 11.2. The molecule has 0 saturated heterocycles. The van der Waals surface area contributed by atoms with Crippen LogP contribution in [-0.2, 0) is 0 Å². The highest BCUT2D eigenvalue weighted by atomic mass is 16.3. The third-order valence-corrected chi connectivity index (χ3v) is 4.31. The first-order valence-electron chi connectivity index (χ1n) is 7.27. The van der Waals surface area contributed by atoms with E-state index in [1.54, 1.807) is 6.07 Å². The standard InChI is InChI=1S/C17H17NO2/c19-10-12-2-1-11-9-15(7-8-16(11)17(12)20)18(13-3-4-13)14-5-6-14/h1-2,7-10,13-14,20H,3-6H2. The van der Waals surface area contributed by atoms with E-state index in [4.69, 9.17) is 0 Å². The molecule has 0 aromatic heterocycles. The molecule has 2 saturated carbocycles. The lowest BCUT2D eigenvalue weighted by molar-refractivity contribution is 0.112. The van der Waals surface area contributed by atoms with Crippen molar-refractivity contribution in [3.63, 3.8) is 0 Å². The Morgan fingerprint density at radius 1 is 1.05 bits per heavy atom. The number of hydrogen-bond acceptors (Lipinski definition) is 3. The van der Waals surface area contributed by atoms with E-state index in [1.165, 1.54) is 31.4 Å². The number of carbonyl (C=O) groups is 1. The zero-order valence-corrected chi connectivity index (χ0v) is 11.2. The van der Waals surface area contributed by atoms with Gasteiger partial charge in [-0.3, -0.25) is 4.79 Å². The second-order valence-corrected chi connectivity index (χ2v) is 5.90. The summed E-state index contributed by atoms with van der Waals surface area (Å²) < 4.78 is 0. The van der Waals surface area contributed by atoms with Crippen molar-refractivity contribution in [3.05, 3.63) is 35.9 Å². The molecule has 0 unspecified atom stereocenters.